The van der Waals surface area contributed by atoms with E-state index in [1.54, 1.807) is 35.0 Å². The summed E-state index contributed by atoms with van der Waals surface area (Å²) in [7, 11) is 0. The summed E-state index contributed by atoms with van der Waals surface area (Å²) in [5, 5.41) is 13.4. The van der Waals surface area contributed by atoms with Crippen LogP contribution in [0.5, 0.6) is 5.75 Å². The number of rotatable bonds is 7. The summed E-state index contributed by atoms with van der Waals surface area (Å²) >= 11 is 7.62. The Labute approximate surface area is 148 Å². The minimum absolute atomic E-state index is 0.293. The van der Waals surface area contributed by atoms with Gasteiger partial charge in [0.25, 0.3) is 0 Å². The largest absolute Gasteiger partial charge is 0.484 e. The average Bonchev–Trinajstić information content (AvgIpc) is 3.22. The quantitative estimate of drug-likeness (QED) is 0.467. The van der Waals surface area contributed by atoms with Gasteiger partial charge in [0.05, 0.1) is 11.2 Å². The van der Waals surface area contributed by atoms with Crippen molar-refractivity contribution in [3.05, 3.63) is 59.3 Å². The van der Waals surface area contributed by atoms with E-state index in [4.69, 9.17) is 20.8 Å². The third-order valence-corrected chi connectivity index (χ3v) is 4.10. The zero-order valence-electron chi connectivity index (χ0n) is 12.9. The second-order valence-corrected chi connectivity index (χ2v) is 6.30. The van der Waals surface area contributed by atoms with Crippen molar-refractivity contribution in [2.45, 2.75) is 18.7 Å². The van der Waals surface area contributed by atoms with Crippen LogP contribution in [-0.2, 0) is 6.61 Å². The number of hydrogen-bond acceptors (Lipinski definition) is 6. The predicted octanol–water partition coefficient (Wildman–Crippen LogP) is 4.10. The number of hydrogen-bond donors (Lipinski definition) is 0. The molecule has 3 rings (SSSR count). The molecule has 0 aliphatic heterocycles. The van der Waals surface area contributed by atoms with E-state index in [1.807, 2.05) is 37.3 Å². The topological polar surface area (TPSA) is 65.4 Å². The van der Waals surface area contributed by atoms with Crippen LogP contribution in [-0.4, -0.2) is 26.8 Å². The van der Waals surface area contributed by atoms with E-state index in [0.717, 1.165) is 10.9 Å². The number of nitrogens with zero attached hydrogens (tertiary/aromatic N) is 4. The molecule has 0 aliphatic rings. The molecule has 2 heterocycles. The maximum atomic E-state index is 6.05. The van der Waals surface area contributed by atoms with Gasteiger partial charge in [-0.1, -0.05) is 42.4 Å². The van der Waals surface area contributed by atoms with Gasteiger partial charge in [0, 0.05) is 0 Å². The number of halogens is 1. The highest BCUT2D eigenvalue weighted by atomic mass is 35.5. The Hall–Kier alpha value is -2.25. The van der Waals surface area contributed by atoms with Gasteiger partial charge < -0.3 is 9.15 Å². The first kappa shape index (κ1) is 16.6. The number of ether oxygens (including phenoxy) is 1. The van der Waals surface area contributed by atoms with E-state index in [-0.39, 0.29) is 0 Å². The standard InChI is InChI=1S/C16H15ClN4O2S/c1-2-24-16-20-18-11-21(16)19-9-12-7-8-13(23-12)10-22-15-6-4-3-5-14(15)17/h3-9,11H,2,10H2,1H3/b19-9-. The van der Waals surface area contributed by atoms with Gasteiger partial charge in [-0.2, -0.15) is 9.78 Å². The molecule has 0 saturated heterocycles. The Bertz CT molecular complexity index is 831. The van der Waals surface area contributed by atoms with Crippen LogP contribution in [0.1, 0.15) is 18.4 Å². The zero-order valence-corrected chi connectivity index (χ0v) is 14.5. The summed E-state index contributed by atoms with van der Waals surface area (Å²) in [6.45, 7) is 2.34. The third kappa shape index (κ3) is 4.18. The fraction of sp³-hybridized carbons (Fsp3) is 0.188. The van der Waals surface area contributed by atoms with E-state index in [9.17, 15) is 0 Å². The number of thioether (sulfide) groups is 1. The highest BCUT2D eigenvalue weighted by Gasteiger charge is 2.05. The molecule has 8 heteroatoms. The summed E-state index contributed by atoms with van der Waals surface area (Å²) < 4.78 is 12.9. The van der Waals surface area contributed by atoms with E-state index in [0.29, 0.717) is 28.9 Å². The molecular formula is C16H15ClN4O2S. The van der Waals surface area contributed by atoms with E-state index < -0.39 is 0 Å². The summed E-state index contributed by atoms with van der Waals surface area (Å²) in [5.41, 5.74) is 0. The maximum Gasteiger partial charge on any atom is 0.211 e. The molecule has 0 aliphatic carbocycles. The molecule has 0 bridgehead atoms. The van der Waals surface area contributed by atoms with Gasteiger partial charge in [0.15, 0.2) is 0 Å². The Balaban J connectivity index is 1.62. The van der Waals surface area contributed by atoms with E-state index in [1.165, 1.54) is 0 Å². The van der Waals surface area contributed by atoms with Crippen LogP contribution in [0.4, 0.5) is 0 Å². The molecule has 24 heavy (non-hydrogen) atoms. The lowest BCUT2D eigenvalue weighted by molar-refractivity contribution is 0.270. The number of aromatic nitrogens is 3. The first-order valence-electron chi connectivity index (χ1n) is 7.29. The SMILES string of the molecule is CCSc1nncn1/N=C\c1ccc(COc2ccccc2Cl)o1. The van der Waals surface area contributed by atoms with Crippen LogP contribution in [0.2, 0.25) is 5.02 Å². The number of para-hydroxylation sites is 1. The molecule has 2 aromatic heterocycles. The Morgan fingerprint density at radius 3 is 3.04 bits per heavy atom. The van der Waals surface area contributed by atoms with Gasteiger partial charge in [-0.3, -0.25) is 0 Å². The van der Waals surface area contributed by atoms with Gasteiger partial charge in [-0.25, -0.2) is 0 Å². The molecule has 0 spiro atoms. The molecule has 0 unspecified atom stereocenters. The fourth-order valence-corrected chi connectivity index (χ4v) is 2.67. The smallest absolute Gasteiger partial charge is 0.211 e. The monoisotopic (exact) mass is 362 g/mol. The van der Waals surface area contributed by atoms with Crippen LogP contribution < -0.4 is 4.74 Å². The highest BCUT2D eigenvalue weighted by Crippen LogP contribution is 2.24. The van der Waals surface area contributed by atoms with Crippen molar-refractivity contribution in [1.29, 1.82) is 0 Å². The van der Waals surface area contributed by atoms with Gasteiger partial charge in [0.1, 0.15) is 30.2 Å². The van der Waals surface area contributed by atoms with Gasteiger partial charge in [0.2, 0.25) is 5.16 Å². The molecule has 3 aromatic rings. The number of benzene rings is 1. The molecule has 1 aromatic carbocycles. The summed E-state index contributed by atoms with van der Waals surface area (Å²) in [6, 6.07) is 11.0. The summed E-state index contributed by atoms with van der Waals surface area (Å²) in [5.74, 6) is 2.83. The van der Waals surface area contributed by atoms with Gasteiger partial charge in [-0.15, -0.1) is 10.2 Å². The van der Waals surface area contributed by atoms with Crippen molar-refractivity contribution < 1.29 is 9.15 Å². The first-order valence-corrected chi connectivity index (χ1v) is 8.66. The van der Waals surface area contributed by atoms with Crippen molar-refractivity contribution in [2.24, 2.45) is 5.10 Å². The molecule has 124 valence electrons. The second-order valence-electron chi connectivity index (χ2n) is 4.66. The van der Waals surface area contributed by atoms with Crippen LogP contribution >= 0.6 is 23.4 Å². The van der Waals surface area contributed by atoms with Gasteiger partial charge in [-0.05, 0) is 30.0 Å². The summed E-state index contributed by atoms with van der Waals surface area (Å²) in [6.07, 6.45) is 3.17. The molecule has 0 amide bonds. The van der Waals surface area contributed by atoms with Crippen molar-refractivity contribution in [3.8, 4) is 5.75 Å². The van der Waals surface area contributed by atoms with Crippen LogP contribution in [0.3, 0.4) is 0 Å². The molecule has 0 atom stereocenters. The molecule has 0 saturated carbocycles. The Morgan fingerprint density at radius 2 is 2.21 bits per heavy atom. The predicted molar refractivity (Wildman–Crippen MR) is 93.9 cm³/mol. The van der Waals surface area contributed by atoms with E-state index >= 15 is 0 Å². The normalized spacial score (nSPS) is 11.2. The lowest BCUT2D eigenvalue weighted by Crippen LogP contribution is -1.94. The average molecular weight is 363 g/mol. The third-order valence-electron chi connectivity index (χ3n) is 2.97. The maximum absolute atomic E-state index is 6.05. The summed E-state index contributed by atoms with van der Waals surface area (Å²) in [4.78, 5) is 0. The van der Waals surface area contributed by atoms with Crippen LogP contribution in [0.25, 0.3) is 0 Å². The minimum atomic E-state index is 0.293. The van der Waals surface area contributed by atoms with Crippen LogP contribution in [0.15, 0.2) is 57.4 Å². The first-order chi connectivity index (χ1) is 11.8. The minimum Gasteiger partial charge on any atom is -0.484 e. The lowest BCUT2D eigenvalue weighted by atomic mass is 10.3. The Kier molecular flexibility index (Phi) is 5.55. The molecule has 0 N–H and O–H groups in total. The number of furan rings is 1. The van der Waals surface area contributed by atoms with Gasteiger partial charge >= 0.3 is 0 Å². The molecule has 0 fully saturated rings. The van der Waals surface area contributed by atoms with Crippen molar-refractivity contribution >= 4 is 29.6 Å². The zero-order chi connectivity index (χ0) is 16.8. The Morgan fingerprint density at radius 1 is 1.33 bits per heavy atom. The van der Waals surface area contributed by atoms with E-state index in [2.05, 4.69) is 15.3 Å². The highest BCUT2D eigenvalue weighted by molar-refractivity contribution is 7.99. The molecular weight excluding hydrogens is 348 g/mol. The molecule has 6 nitrogen and oxygen atoms in total. The lowest BCUT2D eigenvalue weighted by Gasteiger charge is -2.05. The fourth-order valence-electron chi connectivity index (χ4n) is 1.89. The van der Waals surface area contributed by atoms with Crippen molar-refractivity contribution in [1.82, 2.24) is 14.9 Å². The van der Waals surface area contributed by atoms with Crippen LogP contribution in [0, 0.1) is 0 Å². The van der Waals surface area contributed by atoms with Crippen molar-refractivity contribution in [2.75, 3.05) is 5.75 Å². The second kappa shape index (κ2) is 8.03. The molecule has 0 radical (unpaired) electrons. The van der Waals surface area contributed by atoms with Crippen molar-refractivity contribution in [3.63, 3.8) is 0 Å².